The number of hydrogen-bond acceptors (Lipinski definition) is 5. The van der Waals surface area contributed by atoms with Gasteiger partial charge >= 0.3 is 0 Å². The topological polar surface area (TPSA) is 91.6 Å². The van der Waals surface area contributed by atoms with Gasteiger partial charge in [0.2, 0.25) is 17.7 Å². The highest BCUT2D eigenvalue weighted by Crippen LogP contribution is 2.14. The Kier molecular flexibility index (Phi) is 8.14. The monoisotopic (exact) mass is 427 g/mol. The van der Waals surface area contributed by atoms with Crippen LogP contribution < -0.4 is 10.6 Å². The van der Waals surface area contributed by atoms with Crippen LogP contribution >= 0.6 is 11.8 Å². The molecule has 0 radical (unpaired) electrons. The number of amides is 3. The number of rotatable bonds is 8. The molecule has 3 rings (SSSR count). The molecule has 1 aromatic heterocycles. The summed E-state index contributed by atoms with van der Waals surface area (Å²) in [7, 11) is 0. The zero-order valence-corrected chi connectivity index (χ0v) is 17.5. The van der Waals surface area contributed by atoms with Gasteiger partial charge in [0.25, 0.3) is 0 Å². The second-order valence-corrected chi connectivity index (χ2v) is 8.03. The summed E-state index contributed by atoms with van der Waals surface area (Å²) in [6, 6.07) is 10.8. The van der Waals surface area contributed by atoms with E-state index in [-0.39, 0.29) is 30.7 Å². The van der Waals surface area contributed by atoms with Crippen molar-refractivity contribution >= 4 is 41.2 Å². The number of carbonyl (C=O) groups is 3. The first-order valence-corrected chi connectivity index (χ1v) is 11.0. The van der Waals surface area contributed by atoms with Crippen molar-refractivity contribution in [1.82, 2.24) is 10.2 Å². The lowest BCUT2D eigenvalue weighted by atomic mass is 10.1. The van der Waals surface area contributed by atoms with Gasteiger partial charge in [-0.2, -0.15) is 11.8 Å². The van der Waals surface area contributed by atoms with Crippen LogP contribution in [0, 0.1) is 0 Å². The Morgan fingerprint density at radius 3 is 2.57 bits per heavy atom. The average Bonchev–Trinajstić information content (AvgIpc) is 3.28. The number of furan rings is 1. The van der Waals surface area contributed by atoms with Crippen molar-refractivity contribution in [3.8, 4) is 0 Å². The van der Waals surface area contributed by atoms with Crippen LogP contribution in [0.2, 0.25) is 0 Å². The lowest BCUT2D eigenvalue weighted by Crippen LogP contribution is -2.38. The molecule has 1 fully saturated rings. The summed E-state index contributed by atoms with van der Waals surface area (Å²) in [5.41, 5.74) is 1.58. The summed E-state index contributed by atoms with van der Waals surface area (Å²) in [6.45, 7) is 1.85. The zero-order chi connectivity index (χ0) is 21.2. The van der Waals surface area contributed by atoms with E-state index in [4.69, 9.17) is 4.42 Å². The average molecular weight is 428 g/mol. The Morgan fingerprint density at radius 2 is 1.87 bits per heavy atom. The van der Waals surface area contributed by atoms with Crippen LogP contribution in [0.1, 0.15) is 17.7 Å². The smallest absolute Gasteiger partial charge is 0.244 e. The Morgan fingerprint density at radius 1 is 1.10 bits per heavy atom. The van der Waals surface area contributed by atoms with Gasteiger partial charge in [0.1, 0.15) is 5.76 Å². The van der Waals surface area contributed by atoms with Gasteiger partial charge in [-0.05, 0) is 35.9 Å². The Balaban J connectivity index is 1.36. The van der Waals surface area contributed by atoms with E-state index in [1.165, 1.54) is 12.3 Å². The highest BCUT2D eigenvalue weighted by molar-refractivity contribution is 7.99. The van der Waals surface area contributed by atoms with Crippen molar-refractivity contribution in [2.45, 2.75) is 12.8 Å². The number of carbonyl (C=O) groups excluding carboxylic acids is 3. The number of thioether (sulfide) groups is 1. The summed E-state index contributed by atoms with van der Waals surface area (Å²) >= 11 is 1.87. The first-order chi connectivity index (χ1) is 14.6. The minimum absolute atomic E-state index is 0.143. The van der Waals surface area contributed by atoms with Gasteiger partial charge in [0, 0.05) is 49.3 Å². The van der Waals surface area contributed by atoms with E-state index in [2.05, 4.69) is 10.6 Å². The van der Waals surface area contributed by atoms with Crippen molar-refractivity contribution in [2.75, 3.05) is 36.5 Å². The second kappa shape index (κ2) is 11.3. The number of hydrogen-bond donors (Lipinski definition) is 2. The predicted octanol–water partition coefficient (Wildman–Crippen LogP) is 2.56. The molecule has 3 amide bonds. The van der Waals surface area contributed by atoms with Crippen LogP contribution in [-0.2, 0) is 20.8 Å². The lowest BCUT2D eigenvalue weighted by Gasteiger charge is -2.26. The molecule has 0 unspecified atom stereocenters. The van der Waals surface area contributed by atoms with Crippen LogP contribution in [0.25, 0.3) is 6.08 Å². The van der Waals surface area contributed by atoms with Gasteiger partial charge < -0.3 is 20.0 Å². The van der Waals surface area contributed by atoms with Gasteiger partial charge in [0.05, 0.1) is 12.7 Å². The Hall–Kier alpha value is -3.00. The van der Waals surface area contributed by atoms with E-state index in [0.29, 0.717) is 17.9 Å². The quantitative estimate of drug-likeness (QED) is 0.632. The van der Waals surface area contributed by atoms with E-state index in [1.807, 2.05) is 28.8 Å². The molecule has 1 saturated heterocycles. The molecule has 1 aromatic carbocycles. The Bertz CT molecular complexity index is 872. The van der Waals surface area contributed by atoms with Gasteiger partial charge in [0.15, 0.2) is 0 Å². The van der Waals surface area contributed by atoms with Crippen molar-refractivity contribution in [2.24, 2.45) is 0 Å². The van der Waals surface area contributed by atoms with Crippen LogP contribution in [0.15, 0.2) is 53.2 Å². The molecule has 0 aliphatic carbocycles. The molecule has 2 aromatic rings. The maximum absolute atomic E-state index is 12.3. The maximum atomic E-state index is 12.3. The van der Waals surface area contributed by atoms with Crippen molar-refractivity contribution in [3.05, 3.63) is 60.1 Å². The summed E-state index contributed by atoms with van der Waals surface area (Å²) in [5.74, 6) is 2.24. The standard InChI is InChI=1S/C22H25N3O4S/c26-20(8-7-19-2-1-13-29-19)23-10-9-21(27)24-18-5-3-17(4-6-18)16-22(28)25-11-14-30-15-12-25/h1-8,13H,9-12,14-16H2,(H,23,26)(H,24,27)/b8-7+. The minimum atomic E-state index is -0.291. The first-order valence-electron chi connectivity index (χ1n) is 9.84. The third-order valence-corrected chi connectivity index (χ3v) is 5.49. The largest absolute Gasteiger partial charge is 0.465 e. The van der Waals surface area contributed by atoms with Crippen LogP contribution in [0.3, 0.4) is 0 Å². The fraction of sp³-hybridized carbons (Fsp3) is 0.318. The molecule has 1 aliphatic heterocycles. The highest BCUT2D eigenvalue weighted by atomic mass is 32.2. The lowest BCUT2D eigenvalue weighted by molar-refractivity contribution is -0.130. The summed E-state index contributed by atoms with van der Waals surface area (Å²) in [5, 5.41) is 5.44. The molecule has 158 valence electrons. The van der Waals surface area contributed by atoms with Crippen molar-refractivity contribution < 1.29 is 18.8 Å². The first kappa shape index (κ1) is 21.7. The molecule has 0 bridgehead atoms. The molecular weight excluding hydrogens is 402 g/mol. The highest BCUT2D eigenvalue weighted by Gasteiger charge is 2.16. The summed E-state index contributed by atoms with van der Waals surface area (Å²) in [4.78, 5) is 38.0. The summed E-state index contributed by atoms with van der Waals surface area (Å²) in [6.07, 6.45) is 4.98. The van der Waals surface area contributed by atoms with Gasteiger partial charge in [-0.1, -0.05) is 12.1 Å². The summed E-state index contributed by atoms with van der Waals surface area (Å²) < 4.78 is 5.10. The van der Waals surface area contributed by atoms with E-state index >= 15 is 0 Å². The zero-order valence-electron chi connectivity index (χ0n) is 16.6. The minimum Gasteiger partial charge on any atom is -0.465 e. The number of anilines is 1. The molecular formula is C22H25N3O4S. The molecule has 0 saturated carbocycles. The molecule has 2 N–H and O–H groups in total. The Labute approximate surface area is 179 Å². The van der Waals surface area contributed by atoms with Crippen LogP contribution in [0.5, 0.6) is 0 Å². The maximum Gasteiger partial charge on any atom is 0.244 e. The van der Waals surface area contributed by atoms with E-state index in [1.54, 1.807) is 30.3 Å². The van der Waals surface area contributed by atoms with Gasteiger partial charge in [-0.3, -0.25) is 14.4 Å². The van der Waals surface area contributed by atoms with Crippen molar-refractivity contribution in [1.29, 1.82) is 0 Å². The molecule has 7 nitrogen and oxygen atoms in total. The van der Waals surface area contributed by atoms with Gasteiger partial charge in [-0.15, -0.1) is 0 Å². The fourth-order valence-electron chi connectivity index (χ4n) is 2.93. The number of nitrogens with zero attached hydrogens (tertiary/aromatic N) is 1. The molecule has 1 aliphatic rings. The fourth-order valence-corrected chi connectivity index (χ4v) is 3.83. The van der Waals surface area contributed by atoms with E-state index < -0.39 is 0 Å². The normalized spacial score (nSPS) is 13.9. The third-order valence-electron chi connectivity index (χ3n) is 4.55. The molecule has 0 atom stereocenters. The van der Waals surface area contributed by atoms with Crippen LogP contribution in [0.4, 0.5) is 5.69 Å². The number of nitrogens with one attached hydrogen (secondary N) is 2. The SMILES string of the molecule is O=C(/C=C/c1ccco1)NCCC(=O)Nc1ccc(CC(=O)N2CCSCC2)cc1. The van der Waals surface area contributed by atoms with E-state index in [9.17, 15) is 14.4 Å². The van der Waals surface area contributed by atoms with Gasteiger partial charge in [-0.25, -0.2) is 0 Å². The predicted molar refractivity (Wildman–Crippen MR) is 118 cm³/mol. The van der Waals surface area contributed by atoms with Crippen molar-refractivity contribution in [3.63, 3.8) is 0 Å². The number of benzene rings is 1. The molecule has 0 spiro atoms. The van der Waals surface area contributed by atoms with Crippen LogP contribution in [-0.4, -0.2) is 53.8 Å². The molecule has 2 heterocycles. The van der Waals surface area contributed by atoms with E-state index in [0.717, 1.165) is 30.2 Å². The molecule has 30 heavy (non-hydrogen) atoms. The second-order valence-electron chi connectivity index (χ2n) is 6.80. The molecule has 8 heteroatoms. The third kappa shape index (κ3) is 7.11.